The van der Waals surface area contributed by atoms with E-state index < -0.39 is 12.1 Å². The molecule has 4 aromatic carbocycles. The van der Waals surface area contributed by atoms with Gasteiger partial charge in [0.25, 0.3) is 0 Å². The van der Waals surface area contributed by atoms with Crippen LogP contribution >= 0.6 is 0 Å². The average Bonchev–Trinajstić information content (AvgIpc) is 2.91. The maximum Gasteiger partial charge on any atom is 0.333 e. The third kappa shape index (κ3) is 7.35. The second-order valence-electron chi connectivity index (χ2n) is 8.19. The van der Waals surface area contributed by atoms with E-state index in [1.54, 1.807) is 0 Å². The first-order chi connectivity index (χ1) is 17.6. The Balaban J connectivity index is 1.26. The standard InChI is InChI=1S/C30H28O6/c1-33-29(30(31)32)19-22-10-12-25(13-11-22)34-20-23-6-5-7-24(18-23)21-35-26-14-16-28(17-15-26)36-27-8-3-2-4-9-27/h2-18,29H,19-21H2,1H3,(H,31,32)/t29-/m0/s1. The van der Waals surface area contributed by atoms with Crippen molar-refractivity contribution in [2.75, 3.05) is 7.11 Å². The Hall–Kier alpha value is -4.29. The van der Waals surface area contributed by atoms with E-state index in [0.29, 0.717) is 25.4 Å². The van der Waals surface area contributed by atoms with Gasteiger partial charge in [-0.25, -0.2) is 4.79 Å². The van der Waals surface area contributed by atoms with Crippen LogP contribution in [0.3, 0.4) is 0 Å². The van der Waals surface area contributed by atoms with Crippen LogP contribution in [0.2, 0.25) is 0 Å². The molecule has 1 atom stereocenters. The molecule has 0 aliphatic heterocycles. The Bertz CT molecular complexity index is 1240. The molecule has 0 heterocycles. The molecule has 0 saturated carbocycles. The van der Waals surface area contributed by atoms with Gasteiger partial charge in [0.2, 0.25) is 0 Å². The van der Waals surface area contributed by atoms with Gasteiger partial charge in [-0.3, -0.25) is 0 Å². The zero-order valence-electron chi connectivity index (χ0n) is 20.0. The molecule has 1 N–H and O–H groups in total. The van der Waals surface area contributed by atoms with E-state index in [9.17, 15) is 4.79 Å². The maximum absolute atomic E-state index is 11.1. The number of carboxylic acids is 1. The highest BCUT2D eigenvalue weighted by molar-refractivity contribution is 5.72. The smallest absolute Gasteiger partial charge is 0.333 e. The predicted molar refractivity (Wildman–Crippen MR) is 137 cm³/mol. The monoisotopic (exact) mass is 484 g/mol. The predicted octanol–water partition coefficient (Wildman–Crippen LogP) is 6.28. The fraction of sp³-hybridized carbons (Fsp3) is 0.167. The van der Waals surface area contributed by atoms with Crippen molar-refractivity contribution >= 4 is 5.97 Å². The van der Waals surface area contributed by atoms with Gasteiger partial charge >= 0.3 is 5.97 Å². The van der Waals surface area contributed by atoms with Crippen molar-refractivity contribution in [3.8, 4) is 23.0 Å². The Kier molecular flexibility index (Phi) is 8.57. The molecule has 184 valence electrons. The number of rotatable bonds is 12. The van der Waals surface area contributed by atoms with Gasteiger partial charge in [0, 0.05) is 13.5 Å². The number of para-hydroxylation sites is 1. The molecule has 0 aliphatic carbocycles. The minimum Gasteiger partial charge on any atom is -0.489 e. The summed E-state index contributed by atoms with van der Waals surface area (Å²) in [7, 11) is 1.40. The van der Waals surface area contributed by atoms with Crippen LogP contribution in [0.4, 0.5) is 0 Å². The average molecular weight is 485 g/mol. The lowest BCUT2D eigenvalue weighted by atomic mass is 10.1. The van der Waals surface area contributed by atoms with Crippen molar-refractivity contribution in [3.05, 3.63) is 120 Å². The Morgan fingerprint density at radius 3 is 1.75 bits per heavy atom. The summed E-state index contributed by atoms with van der Waals surface area (Å²) in [5.74, 6) is 2.04. The van der Waals surface area contributed by atoms with E-state index in [4.69, 9.17) is 24.1 Å². The quantitative estimate of drug-likeness (QED) is 0.255. The number of ether oxygens (including phenoxy) is 4. The molecule has 0 radical (unpaired) electrons. The molecule has 4 rings (SSSR count). The fourth-order valence-corrected chi connectivity index (χ4v) is 3.58. The molecule has 0 saturated heterocycles. The first-order valence-corrected chi connectivity index (χ1v) is 11.6. The number of aliphatic carboxylic acids is 1. The second kappa shape index (κ2) is 12.4. The largest absolute Gasteiger partial charge is 0.489 e. The lowest BCUT2D eigenvalue weighted by Gasteiger charge is -2.12. The molecular weight excluding hydrogens is 456 g/mol. The van der Waals surface area contributed by atoms with Gasteiger partial charge in [-0.05, 0) is 71.3 Å². The van der Waals surface area contributed by atoms with Crippen LogP contribution in [0, 0.1) is 0 Å². The number of carbonyl (C=O) groups is 1. The Morgan fingerprint density at radius 2 is 1.19 bits per heavy atom. The summed E-state index contributed by atoms with van der Waals surface area (Å²) in [6, 6.07) is 32.6. The van der Waals surface area contributed by atoms with Crippen molar-refractivity contribution in [1.82, 2.24) is 0 Å². The number of benzene rings is 4. The highest BCUT2D eigenvalue weighted by Gasteiger charge is 2.16. The number of methoxy groups -OCH3 is 1. The van der Waals surface area contributed by atoms with Crippen LogP contribution in [0.1, 0.15) is 16.7 Å². The number of hydrogen-bond acceptors (Lipinski definition) is 5. The minimum absolute atomic E-state index is 0.303. The molecule has 0 fully saturated rings. The first-order valence-electron chi connectivity index (χ1n) is 11.6. The molecule has 0 spiro atoms. The summed E-state index contributed by atoms with van der Waals surface area (Å²) in [6.07, 6.45) is -0.556. The van der Waals surface area contributed by atoms with Crippen molar-refractivity contribution in [1.29, 1.82) is 0 Å². The van der Waals surface area contributed by atoms with Crippen LogP contribution < -0.4 is 14.2 Å². The van der Waals surface area contributed by atoms with Gasteiger partial charge in [0.1, 0.15) is 36.2 Å². The molecule has 6 heteroatoms. The zero-order chi connectivity index (χ0) is 25.2. The Labute approximate surface area is 210 Å². The molecule has 36 heavy (non-hydrogen) atoms. The lowest BCUT2D eigenvalue weighted by molar-refractivity contribution is -0.148. The van der Waals surface area contributed by atoms with E-state index in [1.807, 2.05) is 97.1 Å². The van der Waals surface area contributed by atoms with E-state index in [1.165, 1.54) is 7.11 Å². The summed E-state index contributed by atoms with van der Waals surface area (Å²) < 4.78 is 22.6. The van der Waals surface area contributed by atoms with Crippen LogP contribution in [0.25, 0.3) is 0 Å². The van der Waals surface area contributed by atoms with Gasteiger partial charge < -0.3 is 24.1 Å². The third-order valence-corrected chi connectivity index (χ3v) is 5.51. The fourth-order valence-electron chi connectivity index (χ4n) is 3.58. The third-order valence-electron chi connectivity index (χ3n) is 5.51. The molecule has 0 amide bonds. The number of carboxylic acid groups (broad SMARTS) is 1. The molecule has 4 aromatic rings. The summed E-state index contributed by atoms with van der Waals surface area (Å²) in [5, 5.41) is 9.12. The molecule has 0 unspecified atom stereocenters. The van der Waals surface area contributed by atoms with Crippen LogP contribution in [0.5, 0.6) is 23.0 Å². The van der Waals surface area contributed by atoms with Gasteiger partial charge in [-0.1, -0.05) is 48.5 Å². The van der Waals surface area contributed by atoms with E-state index >= 15 is 0 Å². The van der Waals surface area contributed by atoms with Crippen molar-refractivity contribution in [3.63, 3.8) is 0 Å². The number of hydrogen-bond donors (Lipinski definition) is 1. The van der Waals surface area contributed by atoms with Crippen molar-refractivity contribution in [2.45, 2.75) is 25.7 Å². The molecule has 0 bridgehead atoms. The topological polar surface area (TPSA) is 74.2 Å². The molecular formula is C30H28O6. The Morgan fingerprint density at radius 1 is 0.667 bits per heavy atom. The van der Waals surface area contributed by atoms with E-state index in [0.717, 1.165) is 33.9 Å². The second-order valence-corrected chi connectivity index (χ2v) is 8.19. The van der Waals surface area contributed by atoms with Gasteiger partial charge in [0.05, 0.1) is 0 Å². The maximum atomic E-state index is 11.1. The normalized spacial score (nSPS) is 11.5. The van der Waals surface area contributed by atoms with Gasteiger partial charge in [0.15, 0.2) is 6.10 Å². The van der Waals surface area contributed by atoms with E-state index in [2.05, 4.69) is 6.07 Å². The first kappa shape index (κ1) is 24.8. The van der Waals surface area contributed by atoms with Crippen molar-refractivity contribution < 1.29 is 28.8 Å². The SMILES string of the molecule is CO[C@@H](Cc1ccc(OCc2cccc(COc3ccc(Oc4ccccc4)cc3)c2)cc1)C(=O)O. The highest BCUT2D eigenvalue weighted by atomic mass is 16.5. The summed E-state index contributed by atoms with van der Waals surface area (Å²) in [4.78, 5) is 11.1. The van der Waals surface area contributed by atoms with Gasteiger partial charge in [-0.15, -0.1) is 0 Å². The zero-order valence-corrected chi connectivity index (χ0v) is 20.0. The molecule has 0 aliphatic rings. The van der Waals surface area contributed by atoms with Crippen molar-refractivity contribution in [2.24, 2.45) is 0 Å². The minimum atomic E-state index is -0.976. The summed E-state index contributed by atoms with van der Waals surface area (Å²) in [5.41, 5.74) is 2.93. The molecule has 0 aromatic heterocycles. The summed E-state index contributed by atoms with van der Waals surface area (Å²) >= 11 is 0. The van der Waals surface area contributed by atoms with Crippen LogP contribution in [-0.4, -0.2) is 24.3 Å². The van der Waals surface area contributed by atoms with Gasteiger partial charge in [-0.2, -0.15) is 0 Å². The summed E-state index contributed by atoms with van der Waals surface area (Å²) in [6.45, 7) is 0.847. The van der Waals surface area contributed by atoms with Crippen LogP contribution in [0.15, 0.2) is 103 Å². The lowest BCUT2D eigenvalue weighted by Crippen LogP contribution is -2.24. The van der Waals surface area contributed by atoms with E-state index in [-0.39, 0.29) is 0 Å². The molecule has 6 nitrogen and oxygen atoms in total. The highest BCUT2D eigenvalue weighted by Crippen LogP contribution is 2.24. The van der Waals surface area contributed by atoms with Crippen LogP contribution in [-0.2, 0) is 29.2 Å².